The highest BCUT2D eigenvalue weighted by molar-refractivity contribution is 7.91. The van der Waals surface area contributed by atoms with Gasteiger partial charge in [-0.3, -0.25) is 0 Å². The monoisotopic (exact) mass is 335 g/mol. The molecule has 1 rings (SSSR count). The van der Waals surface area contributed by atoms with Crippen molar-refractivity contribution in [2.24, 2.45) is 0 Å². The van der Waals surface area contributed by atoms with Crippen LogP contribution < -0.4 is 10.1 Å². The van der Waals surface area contributed by atoms with Crippen molar-refractivity contribution in [3.63, 3.8) is 0 Å². The molecule has 0 saturated carbocycles. The fourth-order valence-corrected chi connectivity index (χ4v) is 2.48. The molecule has 0 radical (unpaired) electrons. The Balaban J connectivity index is 2.46. The molecule has 0 atom stereocenters. The maximum Gasteiger partial charge on any atom is 0.153 e. The van der Waals surface area contributed by atoms with Gasteiger partial charge >= 0.3 is 0 Å². The van der Waals surface area contributed by atoms with Gasteiger partial charge in [-0.05, 0) is 17.7 Å². The number of hydrogen-bond donors (Lipinski definition) is 1. The molecule has 0 aliphatic rings. The van der Waals surface area contributed by atoms with E-state index in [0.29, 0.717) is 23.9 Å². The quantitative estimate of drug-likeness (QED) is 0.661. The van der Waals surface area contributed by atoms with Gasteiger partial charge in [0, 0.05) is 26.0 Å². The van der Waals surface area contributed by atoms with Gasteiger partial charge in [0.25, 0.3) is 0 Å². The lowest BCUT2D eigenvalue weighted by molar-refractivity contribution is 0.199. The van der Waals surface area contributed by atoms with Crippen LogP contribution in [0.25, 0.3) is 0 Å². The van der Waals surface area contributed by atoms with Crippen molar-refractivity contribution in [3.8, 4) is 5.75 Å². The summed E-state index contributed by atoms with van der Waals surface area (Å²) < 4.78 is 33.1. The lowest BCUT2D eigenvalue weighted by Gasteiger charge is -2.10. The minimum Gasteiger partial charge on any atom is -0.491 e. The first-order chi connectivity index (χ1) is 9.98. The number of ether oxygens (including phenoxy) is 2. The van der Waals surface area contributed by atoms with Crippen molar-refractivity contribution in [1.82, 2.24) is 5.32 Å². The van der Waals surface area contributed by atoms with E-state index < -0.39 is 9.84 Å². The van der Waals surface area contributed by atoms with Gasteiger partial charge in [-0.1, -0.05) is 24.6 Å². The molecule has 0 aliphatic heterocycles. The van der Waals surface area contributed by atoms with Crippen LogP contribution in [0.5, 0.6) is 5.75 Å². The molecule has 1 N–H and O–H groups in total. The lowest BCUT2D eigenvalue weighted by atomic mass is 10.2. The molecule has 0 heterocycles. The van der Waals surface area contributed by atoms with Crippen LogP contribution in [0.2, 0.25) is 5.02 Å². The summed E-state index contributed by atoms with van der Waals surface area (Å²) >= 11 is 6.13. The van der Waals surface area contributed by atoms with Gasteiger partial charge in [-0.15, -0.1) is 0 Å². The normalized spacial score (nSPS) is 11.6. The van der Waals surface area contributed by atoms with Crippen LogP contribution >= 0.6 is 11.6 Å². The molecule has 0 bridgehead atoms. The van der Waals surface area contributed by atoms with Crippen LogP contribution in [0.4, 0.5) is 0 Å². The number of methoxy groups -OCH3 is 1. The van der Waals surface area contributed by atoms with Crippen LogP contribution in [0.15, 0.2) is 18.2 Å². The van der Waals surface area contributed by atoms with Crippen LogP contribution in [0, 0.1) is 0 Å². The topological polar surface area (TPSA) is 64.6 Å². The number of rotatable bonds is 10. The highest BCUT2D eigenvalue weighted by Crippen LogP contribution is 2.25. The molecule has 0 saturated heterocycles. The summed E-state index contributed by atoms with van der Waals surface area (Å²) in [4.78, 5) is 0. The molecule has 1 aromatic rings. The van der Waals surface area contributed by atoms with E-state index >= 15 is 0 Å². The minimum absolute atomic E-state index is 0.000152. The average Bonchev–Trinajstić information content (AvgIpc) is 2.46. The first-order valence-electron chi connectivity index (χ1n) is 6.80. The number of sulfone groups is 1. The molecule has 0 aliphatic carbocycles. The third-order valence-corrected chi connectivity index (χ3v) is 4.86. The summed E-state index contributed by atoms with van der Waals surface area (Å²) in [6.45, 7) is 3.84. The van der Waals surface area contributed by atoms with E-state index in [-0.39, 0.29) is 18.1 Å². The van der Waals surface area contributed by atoms with Gasteiger partial charge in [-0.2, -0.15) is 0 Å². The number of benzene rings is 1. The molecule has 0 aromatic heterocycles. The van der Waals surface area contributed by atoms with E-state index in [2.05, 4.69) is 5.32 Å². The Hall–Kier alpha value is -0.820. The van der Waals surface area contributed by atoms with E-state index in [1.54, 1.807) is 20.1 Å². The molecule has 5 nitrogen and oxygen atoms in total. The maximum absolute atomic E-state index is 11.4. The van der Waals surface area contributed by atoms with Crippen molar-refractivity contribution in [2.75, 3.05) is 38.4 Å². The van der Waals surface area contributed by atoms with Gasteiger partial charge in [0.05, 0.1) is 17.4 Å². The maximum atomic E-state index is 11.4. The van der Waals surface area contributed by atoms with E-state index in [1.165, 1.54) is 0 Å². The predicted octanol–water partition coefficient (Wildman–Crippen LogP) is 1.89. The summed E-state index contributed by atoms with van der Waals surface area (Å²) in [6, 6.07) is 5.47. The standard InChI is InChI=1S/C14H22ClNO4S/c1-3-21(17,18)9-8-20-14-5-4-12(10-13(14)15)11-16-6-7-19-2/h4-5,10,16H,3,6-9,11H2,1-2H3. The van der Waals surface area contributed by atoms with Crippen molar-refractivity contribution in [2.45, 2.75) is 13.5 Å². The Morgan fingerprint density at radius 2 is 2.05 bits per heavy atom. The molecule has 21 heavy (non-hydrogen) atoms. The third kappa shape index (κ3) is 7.13. The molecular weight excluding hydrogens is 314 g/mol. The first-order valence-corrected chi connectivity index (χ1v) is 8.99. The number of hydrogen-bond acceptors (Lipinski definition) is 5. The van der Waals surface area contributed by atoms with Crippen LogP contribution in [-0.2, 0) is 21.1 Å². The third-order valence-electron chi connectivity index (χ3n) is 2.90. The van der Waals surface area contributed by atoms with Crippen molar-refractivity contribution < 1.29 is 17.9 Å². The zero-order valence-corrected chi connectivity index (χ0v) is 14.0. The van der Waals surface area contributed by atoms with Crippen LogP contribution in [0.1, 0.15) is 12.5 Å². The molecule has 0 spiro atoms. The van der Waals surface area contributed by atoms with Gasteiger partial charge in [0.1, 0.15) is 12.4 Å². The Labute approximate surface area is 131 Å². The molecular formula is C14H22ClNO4S. The van der Waals surface area contributed by atoms with E-state index in [1.807, 2.05) is 12.1 Å². The van der Waals surface area contributed by atoms with Gasteiger partial charge in [0.15, 0.2) is 9.84 Å². The highest BCUT2D eigenvalue weighted by atomic mass is 35.5. The molecule has 0 amide bonds. The number of nitrogens with one attached hydrogen (secondary N) is 1. The summed E-state index contributed by atoms with van der Waals surface area (Å²) in [5.41, 5.74) is 1.03. The van der Waals surface area contributed by atoms with Gasteiger partial charge in [0.2, 0.25) is 0 Å². The van der Waals surface area contributed by atoms with Crippen molar-refractivity contribution >= 4 is 21.4 Å². The summed E-state index contributed by atoms with van der Waals surface area (Å²) in [7, 11) is -1.36. The second-order valence-electron chi connectivity index (χ2n) is 4.52. The van der Waals surface area contributed by atoms with Gasteiger partial charge < -0.3 is 14.8 Å². The molecule has 7 heteroatoms. The summed E-state index contributed by atoms with van der Waals surface area (Å²) in [6.07, 6.45) is 0. The van der Waals surface area contributed by atoms with Crippen LogP contribution in [-0.4, -0.2) is 46.8 Å². The minimum atomic E-state index is -3.02. The molecule has 0 unspecified atom stereocenters. The Morgan fingerprint density at radius 3 is 2.67 bits per heavy atom. The van der Waals surface area contributed by atoms with Crippen LogP contribution in [0.3, 0.4) is 0 Å². The molecule has 0 fully saturated rings. The highest BCUT2D eigenvalue weighted by Gasteiger charge is 2.09. The molecule has 1 aromatic carbocycles. The summed E-state index contributed by atoms with van der Waals surface area (Å²) in [5, 5.41) is 3.70. The largest absolute Gasteiger partial charge is 0.491 e. The zero-order valence-electron chi connectivity index (χ0n) is 12.4. The lowest BCUT2D eigenvalue weighted by Crippen LogP contribution is -2.18. The fourth-order valence-electron chi connectivity index (χ4n) is 1.60. The van der Waals surface area contributed by atoms with Crippen molar-refractivity contribution in [1.29, 1.82) is 0 Å². The molecule has 120 valence electrons. The van der Waals surface area contributed by atoms with E-state index in [4.69, 9.17) is 21.1 Å². The van der Waals surface area contributed by atoms with Crippen molar-refractivity contribution in [3.05, 3.63) is 28.8 Å². The number of halogens is 1. The first kappa shape index (κ1) is 18.2. The van der Waals surface area contributed by atoms with Gasteiger partial charge in [-0.25, -0.2) is 8.42 Å². The summed E-state index contributed by atoms with van der Waals surface area (Å²) in [5.74, 6) is 0.625. The predicted molar refractivity (Wildman–Crippen MR) is 84.9 cm³/mol. The smallest absolute Gasteiger partial charge is 0.153 e. The second-order valence-corrected chi connectivity index (χ2v) is 7.40. The SMILES string of the molecule is CCS(=O)(=O)CCOc1ccc(CNCCOC)cc1Cl. The second kappa shape index (κ2) is 9.25. The zero-order chi connectivity index (χ0) is 15.7. The average molecular weight is 336 g/mol. The fraction of sp³-hybridized carbons (Fsp3) is 0.571. The van der Waals surface area contributed by atoms with E-state index in [0.717, 1.165) is 12.1 Å². The Bertz CT molecular complexity index is 534. The van der Waals surface area contributed by atoms with E-state index in [9.17, 15) is 8.42 Å². The Morgan fingerprint density at radius 1 is 1.29 bits per heavy atom. The Kier molecular flexibility index (Phi) is 8.03.